The van der Waals surface area contributed by atoms with E-state index in [-0.39, 0.29) is 0 Å². The summed E-state index contributed by atoms with van der Waals surface area (Å²) in [5.74, 6) is 0.945. The molecule has 4 rings (SSSR count). The van der Waals surface area contributed by atoms with Crippen LogP contribution in [0.2, 0.25) is 0 Å². The normalized spacial score (nSPS) is 15.4. The molecule has 5 nitrogen and oxygen atoms in total. The molecule has 0 spiro atoms. The molecule has 134 valence electrons. The van der Waals surface area contributed by atoms with Crippen LogP contribution < -0.4 is 5.32 Å². The standard InChI is InChI=1S/C18H17ClIN5S/c1-11(2)25-10-23-15-16(20-18(19)24-17(15)25)22-8-12-3-4-14(21-7-12)13-5-6-26-9-13/h3-7,9-11,24H,8H2,1-2H3. The average Bonchev–Trinajstić information content (AvgIpc) is 3.29. The number of aromatic nitrogens is 3. The Morgan fingerprint density at radius 1 is 1.31 bits per heavy atom. The number of fused-ring (bicyclic) bond motifs is 1. The van der Waals surface area contributed by atoms with Crippen LogP contribution in [-0.2, 0) is 6.54 Å². The summed E-state index contributed by atoms with van der Waals surface area (Å²) in [7, 11) is 0. The third-order valence-corrected chi connectivity index (χ3v) is 7.34. The Hall–Kier alpha value is -1.58. The van der Waals surface area contributed by atoms with Crippen LogP contribution in [0.4, 0.5) is 5.82 Å². The van der Waals surface area contributed by atoms with E-state index in [1.807, 2.05) is 18.6 Å². The van der Waals surface area contributed by atoms with Gasteiger partial charge in [-0.3, -0.25) is 9.98 Å². The summed E-state index contributed by atoms with van der Waals surface area (Å²) in [6.45, 7) is 4.83. The van der Waals surface area contributed by atoms with Gasteiger partial charge in [-0.05, 0) is 57.7 Å². The first-order valence-electron chi connectivity index (χ1n) is 8.15. The molecule has 1 N–H and O–H groups in total. The quantitative estimate of drug-likeness (QED) is 0.395. The number of hydrogen-bond acceptors (Lipinski definition) is 5. The molecule has 0 atom stereocenters. The fraction of sp³-hybridized carbons (Fsp3) is 0.222. The smallest absolute Gasteiger partial charge is 0.142 e. The third kappa shape index (κ3) is 3.60. The molecule has 1 aliphatic heterocycles. The first kappa shape index (κ1) is 17.8. The zero-order valence-electron chi connectivity index (χ0n) is 14.3. The van der Waals surface area contributed by atoms with Crippen LogP contribution in [0.1, 0.15) is 31.1 Å². The monoisotopic (exact) mass is 497 g/mol. The summed E-state index contributed by atoms with van der Waals surface area (Å²) < 4.78 is 3.89. The molecule has 0 aromatic carbocycles. The van der Waals surface area contributed by atoms with Gasteiger partial charge in [-0.2, -0.15) is 11.3 Å². The molecule has 4 heterocycles. The minimum atomic E-state index is -0.518. The predicted molar refractivity (Wildman–Crippen MR) is 119 cm³/mol. The molecule has 0 radical (unpaired) electrons. The molecule has 0 saturated heterocycles. The Kier molecular flexibility index (Phi) is 5.19. The fourth-order valence-corrected chi connectivity index (χ4v) is 5.65. The first-order valence-corrected chi connectivity index (χ1v) is 11.6. The maximum absolute atomic E-state index is 6.35. The summed E-state index contributed by atoms with van der Waals surface area (Å²) in [5.41, 5.74) is 4.16. The van der Waals surface area contributed by atoms with Crippen molar-refractivity contribution in [3.05, 3.63) is 52.7 Å². The Balaban J connectivity index is 1.58. The molecular weight excluding hydrogens is 481 g/mol. The Bertz CT molecular complexity index is 974. The molecule has 8 heteroatoms. The van der Waals surface area contributed by atoms with Gasteiger partial charge < -0.3 is 9.88 Å². The van der Waals surface area contributed by atoms with Crippen molar-refractivity contribution in [2.45, 2.75) is 26.4 Å². The van der Waals surface area contributed by atoms with E-state index in [0.717, 1.165) is 35.1 Å². The van der Waals surface area contributed by atoms with E-state index < -0.39 is 20.7 Å². The van der Waals surface area contributed by atoms with Gasteiger partial charge in [0.2, 0.25) is 0 Å². The lowest BCUT2D eigenvalue weighted by atomic mass is 10.2. The molecular formula is C18H17ClIN5S. The minimum absolute atomic E-state index is 0.314. The van der Waals surface area contributed by atoms with Gasteiger partial charge in [0.15, 0.2) is 0 Å². The lowest BCUT2D eigenvalue weighted by Gasteiger charge is -2.17. The Morgan fingerprint density at radius 2 is 2.19 bits per heavy atom. The number of imidazole rings is 1. The maximum atomic E-state index is 6.35. The molecule has 3 aromatic rings. The van der Waals surface area contributed by atoms with E-state index in [1.54, 1.807) is 11.3 Å². The number of nitrogens with zero attached hydrogens (tertiary/aromatic N) is 4. The summed E-state index contributed by atoms with van der Waals surface area (Å²) >= 11 is 7.51. The number of pyridine rings is 1. The highest BCUT2D eigenvalue weighted by molar-refractivity contribution is 14.2. The van der Waals surface area contributed by atoms with Crippen LogP contribution in [-0.4, -0.2) is 21.3 Å². The van der Waals surface area contributed by atoms with Crippen LogP contribution in [0.15, 0.2) is 46.5 Å². The molecule has 0 bridgehead atoms. The predicted octanol–water partition coefficient (Wildman–Crippen LogP) is 5.26. The third-order valence-electron chi connectivity index (χ3n) is 3.97. The molecule has 1 aliphatic rings. The van der Waals surface area contributed by atoms with Crippen LogP contribution >= 0.6 is 43.7 Å². The Morgan fingerprint density at radius 3 is 2.88 bits per heavy atom. The van der Waals surface area contributed by atoms with Gasteiger partial charge >= 0.3 is 0 Å². The van der Waals surface area contributed by atoms with Gasteiger partial charge in [-0.15, -0.1) is 0 Å². The van der Waals surface area contributed by atoms with Crippen LogP contribution in [0.5, 0.6) is 0 Å². The van der Waals surface area contributed by atoms with Gasteiger partial charge in [0.05, 0.1) is 18.6 Å². The number of aliphatic imine (C=N–C) groups is 1. The number of hydrogen-bond donors (Lipinski definition) is 1. The van der Waals surface area contributed by atoms with E-state index in [9.17, 15) is 0 Å². The molecule has 0 amide bonds. The molecule has 26 heavy (non-hydrogen) atoms. The number of rotatable bonds is 4. The highest BCUT2D eigenvalue weighted by Crippen LogP contribution is 2.30. The van der Waals surface area contributed by atoms with E-state index in [0.29, 0.717) is 12.6 Å². The highest BCUT2D eigenvalue weighted by Gasteiger charge is 2.22. The van der Waals surface area contributed by atoms with Crippen molar-refractivity contribution in [3.8, 4) is 11.3 Å². The van der Waals surface area contributed by atoms with Gasteiger partial charge in [-0.25, -0.2) is 4.98 Å². The van der Waals surface area contributed by atoms with Gasteiger partial charge in [-0.1, -0.05) is 17.7 Å². The fourth-order valence-electron chi connectivity index (χ4n) is 2.63. The lowest BCUT2D eigenvalue weighted by Crippen LogP contribution is -2.16. The summed E-state index contributed by atoms with van der Waals surface area (Å²) in [4.78, 5) is 13.9. The molecule has 0 saturated carbocycles. The maximum Gasteiger partial charge on any atom is 0.142 e. The molecule has 0 unspecified atom stereocenters. The molecule has 3 aromatic heterocycles. The van der Waals surface area contributed by atoms with Crippen molar-refractivity contribution in [1.29, 1.82) is 0 Å². The van der Waals surface area contributed by atoms with E-state index in [1.165, 1.54) is 0 Å². The lowest BCUT2D eigenvalue weighted by molar-refractivity contribution is 0.607. The van der Waals surface area contributed by atoms with E-state index in [2.05, 4.69) is 56.6 Å². The minimum Gasteiger partial charge on any atom is -0.326 e. The summed E-state index contributed by atoms with van der Waals surface area (Å²) in [5, 5.41) is 7.44. The second kappa shape index (κ2) is 7.58. The highest BCUT2D eigenvalue weighted by atomic mass is 127. The number of thiophene rings is 1. The van der Waals surface area contributed by atoms with Gasteiger partial charge in [0.25, 0.3) is 0 Å². The average molecular weight is 498 g/mol. The second-order valence-electron chi connectivity index (χ2n) is 6.09. The second-order valence-corrected chi connectivity index (χ2v) is 10.5. The molecule has 0 fully saturated rings. The number of anilines is 1. The van der Waals surface area contributed by atoms with Crippen molar-refractivity contribution < 1.29 is 0 Å². The van der Waals surface area contributed by atoms with E-state index >= 15 is 0 Å². The van der Waals surface area contributed by atoms with Crippen LogP contribution in [0.3, 0.4) is 0 Å². The van der Waals surface area contributed by atoms with Crippen molar-refractivity contribution in [3.63, 3.8) is 0 Å². The van der Waals surface area contributed by atoms with Crippen LogP contribution in [0, 0.1) is 0 Å². The van der Waals surface area contributed by atoms with Crippen molar-refractivity contribution in [1.82, 2.24) is 14.5 Å². The number of halogens is 2. The van der Waals surface area contributed by atoms with E-state index in [4.69, 9.17) is 16.6 Å². The van der Waals surface area contributed by atoms with Crippen molar-refractivity contribution >= 4 is 56.3 Å². The van der Waals surface area contributed by atoms with Crippen LogP contribution in [0.25, 0.3) is 11.3 Å². The van der Waals surface area contributed by atoms with Crippen molar-refractivity contribution in [2.75, 3.05) is 5.32 Å². The Labute approximate surface area is 170 Å². The van der Waals surface area contributed by atoms with Gasteiger partial charge in [0, 0.05) is 23.2 Å². The largest absolute Gasteiger partial charge is 0.326 e. The number of nitrogens with one attached hydrogen (secondary N) is 1. The SMILES string of the molecule is CC(C)n1cnc2c1NC(Cl)=IC2=NCc1ccc(-c2ccsc2)nc1. The summed E-state index contributed by atoms with van der Waals surface area (Å²) in [6.07, 6.45) is 3.75. The van der Waals surface area contributed by atoms with Crippen molar-refractivity contribution in [2.24, 2.45) is 4.99 Å². The zero-order chi connectivity index (χ0) is 18.1. The summed E-state index contributed by atoms with van der Waals surface area (Å²) in [6, 6.07) is 6.53. The first-order chi connectivity index (χ1) is 12.6. The van der Waals surface area contributed by atoms with Gasteiger partial charge in [0.1, 0.15) is 18.3 Å². The molecule has 0 aliphatic carbocycles. The topological polar surface area (TPSA) is 55.1 Å². The zero-order valence-corrected chi connectivity index (χ0v) is 18.0.